The second kappa shape index (κ2) is 4.49. The SMILES string of the molecule is Cc1c(-c2ccc3[nH]cc(C)c3c2)ccc2ccccc12. The van der Waals surface area contributed by atoms with Crippen molar-refractivity contribution in [1.29, 1.82) is 0 Å². The van der Waals surface area contributed by atoms with E-state index in [0.29, 0.717) is 0 Å². The van der Waals surface area contributed by atoms with E-state index in [1.54, 1.807) is 0 Å². The van der Waals surface area contributed by atoms with Crippen molar-refractivity contribution in [2.45, 2.75) is 13.8 Å². The number of hydrogen-bond acceptors (Lipinski definition) is 0. The summed E-state index contributed by atoms with van der Waals surface area (Å²) in [6, 6.07) is 19.7. The first-order chi connectivity index (χ1) is 10.2. The molecule has 0 aliphatic carbocycles. The van der Waals surface area contributed by atoms with E-state index < -0.39 is 0 Å². The standard InChI is InChI=1S/C20H17N/c1-13-12-21-20-10-8-16(11-19(13)20)18-9-7-15-5-3-4-6-17(15)14(18)2/h3-12,21H,1-2H3. The van der Waals surface area contributed by atoms with Crippen molar-refractivity contribution in [3.05, 3.63) is 71.9 Å². The molecule has 0 saturated heterocycles. The molecule has 0 amide bonds. The van der Waals surface area contributed by atoms with Gasteiger partial charge in [0.2, 0.25) is 0 Å². The second-order valence-corrected chi connectivity index (χ2v) is 5.69. The molecule has 102 valence electrons. The normalized spacial score (nSPS) is 11.3. The van der Waals surface area contributed by atoms with Crippen LogP contribution in [0.25, 0.3) is 32.8 Å². The first-order valence-corrected chi connectivity index (χ1v) is 7.30. The number of benzene rings is 3. The molecule has 0 spiro atoms. The fourth-order valence-electron chi connectivity index (χ4n) is 3.17. The smallest absolute Gasteiger partial charge is 0.0457 e. The van der Waals surface area contributed by atoms with E-state index in [0.717, 1.165) is 0 Å². The minimum Gasteiger partial charge on any atom is -0.361 e. The van der Waals surface area contributed by atoms with Crippen molar-refractivity contribution in [1.82, 2.24) is 4.98 Å². The molecule has 0 radical (unpaired) electrons. The molecular formula is C20H17N. The van der Waals surface area contributed by atoms with Crippen LogP contribution >= 0.6 is 0 Å². The fourth-order valence-corrected chi connectivity index (χ4v) is 3.17. The summed E-state index contributed by atoms with van der Waals surface area (Å²) in [5, 5.41) is 3.94. The summed E-state index contributed by atoms with van der Waals surface area (Å²) in [6.45, 7) is 4.36. The van der Waals surface area contributed by atoms with Crippen LogP contribution in [0.5, 0.6) is 0 Å². The largest absolute Gasteiger partial charge is 0.361 e. The molecule has 0 saturated carbocycles. The van der Waals surface area contributed by atoms with E-state index in [1.807, 2.05) is 0 Å². The number of fused-ring (bicyclic) bond motifs is 2. The van der Waals surface area contributed by atoms with E-state index in [9.17, 15) is 0 Å². The van der Waals surface area contributed by atoms with Crippen molar-refractivity contribution >= 4 is 21.7 Å². The molecule has 0 atom stereocenters. The second-order valence-electron chi connectivity index (χ2n) is 5.69. The van der Waals surface area contributed by atoms with Crippen LogP contribution in [0.1, 0.15) is 11.1 Å². The van der Waals surface area contributed by atoms with E-state index in [-0.39, 0.29) is 0 Å². The quantitative estimate of drug-likeness (QED) is 0.463. The number of aryl methyl sites for hydroxylation is 2. The highest BCUT2D eigenvalue weighted by molar-refractivity contribution is 5.94. The number of hydrogen-bond donors (Lipinski definition) is 1. The Kier molecular flexibility index (Phi) is 2.61. The third-order valence-electron chi connectivity index (χ3n) is 4.40. The molecular weight excluding hydrogens is 254 g/mol. The predicted octanol–water partition coefficient (Wildman–Crippen LogP) is 5.60. The van der Waals surface area contributed by atoms with Gasteiger partial charge >= 0.3 is 0 Å². The van der Waals surface area contributed by atoms with Crippen molar-refractivity contribution in [2.24, 2.45) is 0 Å². The summed E-state index contributed by atoms with van der Waals surface area (Å²) < 4.78 is 0. The molecule has 1 heterocycles. The van der Waals surface area contributed by atoms with Gasteiger partial charge in [-0.2, -0.15) is 0 Å². The third-order valence-corrected chi connectivity index (χ3v) is 4.40. The van der Waals surface area contributed by atoms with Crippen LogP contribution in [0.15, 0.2) is 60.8 Å². The van der Waals surface area contributed by atoms with Crippen LogP contribution in [0.2, 0.25) is 0 Å². The molecule has 1 nitrogen and oxygen atoms in total. The lowest BCUT2D eigenvalue weighted by molar-refractivity contribution is 1.43. The summed E-state index contributed by atoms with van der Waals surface area (Å²) in [4.78, 5) is 3.31. The Balaban J connectivity index is 1.99. The van der Waals surface area contributed by atoms with E-state index in [1.165, 1.54) is 43.9 Å². The van der Waals surface area contributed by atoms with Gasteiger partial charge in [0.25, 0.3) is 0 Å². The van der Waals surface area contributed by atoms with Gasteiger partial charge in [-0.25, -0.2) is 0 Å². The van der Waals surface area contributed by atoms with Crippen LogP contribution in [-0.4, -0.2) is 4.98 Å². The highest BCUT2D eigenvalue weighted by Crippen LogP contribution is 2.32. The fraction of sp³-hybridized carbons (Fsp3) is 0.100. The lowest BCUT2D eigenvalue weighted by atomic mass is 9.94. The molecule has 4 rings (SSSR count). The molecule has 4 aromatic rings. The Labute approximate surface area is 124 Å². The van der Waals surface area contributed by atoms with Crippen LogP contribution in [0.3, 0.4) is 0 Å². The van der Waals surface area contributed by atoms with Gasteiger partial charge < -0.3 is 4.98 Å². The molecule has 3 aromatic carbocycles. The maximum Gasteiger partial charge on any atom is 0.0457 e. The van der Waals surface area contributed by atoms with Crippen LogP contribution in [0, 0.1) is 13.8 Å². The first kappa shape index (κ1) is 12.2. The minimum atomic E-state index is 1.20. The zero-order valence-corrected chi connectivity index (χ0v) is 12.3. The van der Waals surface area contributed by atoms with Gasteiger partial charge in [0.15, 0.2) is 0 Å². The molecule has 1 heteroatoms. The van der Waals surface area contributed by atoms with E-state index >= 15 is 0 Å². The summed E-state index contributed by atoms with van der Waals surface area (Å²) in [5.74, 6) is 0. The van der Waals surface area contributed by atoms with E-state index in [2.05, 4.69) is 79.6 Å². The van der Waals surface area contributed by atoms with E-state index in [4.69, 9.17) is 0 Å². The molecule has 21 heavy (non-hydrogen) atoms. The molecule has 0 fully saturated rings. The average molecular weight is 271 g/mol. The summed E-state index contributed by atoms with van der Waals surface area (Å²) >= 11 is 0. The lowest BCUT2D eigenvalue weighted by Crippen LogP contribution is -1.86. The van der Waals surface area contributed by atoms with Crippen molar-refractivity contribution in [2.75, 3.05) is 0 Å². The third kappa shape index (κ3) is 1.85. The number of H-pyrrole nitrogens is 1. The van der Waals surface area contributed by atoms with Gasteiger partial charge in [0.1, 0.15) is 0 Å². The number of rotatable bonds is 1. The molecule has 1 aromatic heterocycles. The highest BCUT2D eigenvalue weighted by atomic mass is 14.7. The molecule has 0 unspecified atom stereocenters. The zero-order valence-electron chi connectivity index (χ0n) is 12.3. The predicted molar refractivity (Wildman–Crippen MR) is 90.7 cm³/mol. The minimum absolute atomic E-state index is 1.20. The van der Waals surface area contributed by atoms with Crippen LogP contribution < -0.4 is 0 Å². The van der Waals surface area contributed by atoms with Gasteiger partial charge in [-0.3, -0.25) is 0 Å². The Morgan fingerprint density at radius 1 is 0.810 bits per heavy atom. The Hall–Kier alpha value is -2.54. The highest BCUT2D eigenvalue weighted by Gasteiger charge is 2.07. The zero-order chi connectivity index (χ0) is 14.4. The van der Waals surface area contributed by atoms with Gasteiger partial charge in [-0.05, 0) is 59.0 Å². The molecule has 0 aliphatic heterocycles. The topological polar surface area (TPSA) is 15.8 Å². The van der Waals surface area contributed by atoms with Gasteiger partial charge in [-0.1, -0.05) is 42.5 Å². The van der Waals surface area contributed by atoms with Crippen LogP contribution in [-0.2, 0) is 0 Å². The van der Waals surface area contributed by atoms with Gasteiger partial charge in [-0.15, -0.1) is 0 Å². The van der Waals surface area contributed by atoms with Crippen molar-refractivity contribution in [3.63, 3.8) is 0 Å². The monoisotopic (exact) mass is 271 g/mol. The average Bonchev–Trinajstić information content (AvgIpc) is 2.89. The first-order valence-electron chi connectivity index (χ1n) is 7.30. The van der Waals surface area contributed by atoms with Crippen molar-refractivity contribution < 1.29 is 0 Å². The Bertz CT molecular complexity index is 960. The Morgan fingerprint density at radius 3 is 2.57 bits per heavy atom. The molecule has 0 aliphatic rings. The summed E-state index contributed by atoms with van der Waals surface area (Å²) in [6.07, 6.45) is 2.07. The molecule has 0 bridgehead atoms. The number of aromatic amines is 1. The Morgan fingerprint density at radius 2 is 1.67 bits per heavy atom. The summed E-state index contributed by atoms with van der Waals surface area (Å²) in [5.41, 5.74) is 6.45. The maximum atomic E-state index is 3.31. The summed E-state index contributed by atoms with van der Waals surface area (Å²) in [7, 11) is 0. The van der Waals surface area contributed by atoms with Crippen molar-refractivity contribution in [3.8, 4) is 11.1 Å². The van der Waals surface area contributed by atoms with Gasteiger partial charge in [0.05, 0.1) is 0 Å². The lowest BCUT2D eigenvalue weighted by Gasteiger charge is -2.10. The molecule has 1 N–H and O–H groups in total. The number of nitrogens with one attached hydrogen (secondary N) is 1. The maximum absolute atomic E-state index is 3.31. The number of aromatic nitrogens is 1. The van der Waals surface area contributed by atoms with Crippen LogP contribution in [0.4, 0.5) is 0 Å². The van der Waals surface area contributed by atoms with Gasteiger partial charge in [0, 0.05) is 17.1 Å².